The van der Waals surface area contributed by atoms with Crippen LogP contribution in [0.5, 0.6) is 0 Å². The number of carbonyl (C=O) groups is 2. The van der Waals surface area contributed by atoms with Crippen molar-refractivity contribution < 1.29 is 14.1 Å². The molecule has 0 aliphatic carbocycles. The number of urea groups is 1. The van der Waals surface area contributed by atoms with Crippen LogP contribution in [0.15, 0.2) is 22.7 Å². The summed E-state index contributed by atoms with van der Waals surface area (Å²) in [6, 6.07) is 7.06. The van der Waals surface area contributed by atoms with Crippen LogP contribution in [-0.2, 0) is 11.2 Å². The van der Waals surface area contributed by atoms with Crippen molar-refractivity contribution in [2.75, 3.05) is 11.4 Å². The van der Waals surface area contributed by atoms with E-state index >= 15 is 0 Å². The Morgan fingerprint density at radius 2 is 2.00 bits per heavy atom. The average molecular weight is 354 g/mol. The number of fused-ring (bicyclic) bond motifs is 3. The van der Waals surface area contributed by atoms with Gasteiger partial charge in [-0.3, -0.25) is 15.0 Å². The second-order valence-corrected chi connectivity index (χ2v) is 7.77. The predicted octanol–water partition coefficient (Wildman–Crippen LogP) is 2.35. The van der Waals surface area contributed by atoms with Crippen LogP contribution in [0.3, 0.4) is 0 Å². The van der Waals surface area contributed by atoms with Crippen molar-refractivity contribution in [2.45, 2.75) is 50.6 Å². The van der Waals surface area contributed by atoms with Gasteiger partial charge in [0.05, 0.1) is 5.39 Å². The summed E-state index contributed by atoms with van der Waals surface area (Å²) in [4.78, 5) is 25.0. The molecule has 2 unspecified atom stereocenters. The largest absolute Gasteiger partial charge is 0.354 e. The summed E-state index contributed by atoms with van der Waals surface area (Å²) in [5, 5.41) is 10.9. The number of hydrogen-bond donors (Lipinski definition) is 2. The van der Waals surface area contributed by atoms with E-state index in [9.17, 15) is 9.59 Å². The van der Waals surface area contributed by atoms with Crippen molar-refractivity contribution in [2.24, 2.45) is 5.92 Å². The van der Waals surface area contributed by atoms with Crippen LogP contribution in [0, 0.1) is 5.92 Å². The first-order valence-electron chi connectivity index (χ1n) is 9.41. The minimum absolute atomic E-state index is 0.250. The topological polar surface area (TPSA) is 87.5 Å². The molecule has 0 radical (unpaired) electrons. The first-order valence-corrected chi connectivity index (χ1v) is 9.41. The maximum Gasteiger partial charge on any atom is 0.329 e. The molecule has 1 aromatic carbocycles. The lowest BCUT2D eigenvalue weighted by Gasteiger charge is -2.29. The monoisotopic (exact) mass is 354 g/mol. The lowest BCUT2D eigenvalue weighted by Crippen LogP contribution is -2.49. The number of piperidine rings is 1. The molecular weight excluding hydrogens is 332 g/mol. The molecule has 0 spiro atoms. The molecule has 7 heteroatoms. The highest BCUT2D eigenvalue weighted by molar-refractivity contribution is 6.08. The Morgan fingerprint density at radius 3 is 2.77 bits per heavy atom. The molecule has 136 valence electrons. The van der Waals surface area contributed by atoms with Crippen LogP contribution in [0.2, 0.25) is 0 Å². The van der Waals surface area contributed by atoms with Crippen LogP contribution >= 0.6 is 0 Å². The normalized spacial score (nSPS) is 28.6. The van der Waals surface area contributed by atoms with Crippen LogP contribution in [-0.4, -0.2) is 35.7 Å². The summed E-state index contributed by atoms with van der Waals surface area (Å²) >= 11 is 0. The molecule has 2 N–H and O–H groups in total. The second-order valence-electron chi connectivity index (χ2n) is 7.77. The summed E-state index contributed by atoms with van der Waals surface area (Å²) in [5.41, 5.74) is 1.92. The predicted molar refractivity (Wildman–Crippen MR) is 95.9 cm³/mol. The van der Waals surface area contributed by atoms with Gasteiger partial charge in [-0.2, -0.15) is 0 Å². The number of hydrogen-bond acceptors (Lipinski definition) is 5. The summed E-state index contributed by atoms with van der Waals surface area (Å²) in [6.07, 6.45) is 6.40. The molecule has 2 aromatic rings. The van der Waals surface area contributed by atoms with E-state index in [1.165, 1.54) is 36.1 Å². The van der Waals surface area contributed by atoms with E-state index in [2.05, 4.69) is 27.9 Å². The number of benzene rings is 1. The van der Waals surface area contributed by atoms with Crippen molar-refractivity contribution in [1.82, 2.24) is 15.8 Å². The van der Waals surface area contributed by atoms with Crippen molar-refractivity contribution in [3.63, 3.8) is 0 Å². The summed E-state index contributed by atoms with van der Waals surface area (Å²) < 4.78 is 5.40. The van der Waals surface area contributed by atoms with Gasteiger partial charge in [-0.1, -0.05) is 11.2 Å². The third kappa shape index (κ3) is 2.76. The lowest BCUT2D eigenvalue weighted by molar-refractivity contribution is -0.120. The average Bonchev–Trinajstić information content (AvgIpc) is 3.18. The van der Waals surface area contributed by atoms with Gasteiger partial charge >= 0.3 is 6.03 Å². The van der Waals surface area contributed by atoms with E-state index in [-0.39, 0.29) is 12.3 Å². The van der Waals surface area contributed by atoms with Crippen molar-refractivity contribution in [1.29, 1.82) is 0 Å². The fourth-order valence-corrected chi connectivity index (χ4v) is 4.74. The fourth-order valence-electron chi connectivity index (χ4n) is 4.74. The Labute approximate surface area is 151 Å². The molecule has 5 rings (SSSR count). The Bertz CT molecular complexity index is 865. The van der Waals surface area contributed by atoms with Gasteiger partial charge in [0.25, 0.3) is 0 Å². The van der Waals surface area contributed by atoms with E-state index in [0.29, 0.717) is 35.9 Å². The van der Waals surface area contributed by atoms with Gasteiger partial charge in [0.2, 0.25) is 5.91 Å². The highest BCUT2D eigenvalue weighted by Gasteiger charge is 2.33. The Kier molecular flexibility index (Phi) is 3.70. The molecule has 4 heterocycles. The first kappa shape index (κ1) is 15.8. The number of nitrogens with zero attached hydrogens (tertiary/aromatic N) is 2. The quantitative estimate of drug-likeness (QED) is 0.883. The highest BCUT2D eigenvalue weighted by atomic mass is 16.5. The number of anilines is 1. The van der Waals surface area contributed by atoms with E-state index in [0.717, 1.165) is 11.8 Å². The number of carbonyl (C=O) groups excluding carboxylic acids is 2. The van der Waals surface area contributed by atoms with E-state index in [4.69, 9.17) is 4.52 Å². The number of aromatic nitrogens is 1. The standard InChI is InChI=1S/C19H22N4O3/c24-17-5-6-23(19(25)21-17)18-15-10-11(1-4-16(15)26-22-18)7-12-8-13-2-3-14(9-12)20-13/h1,4,10,12-14,20H,2-3,5-9H2,(H,21,24,25). The third-order valence-corrected chi connectivity index (χ3v) is 5.92. The van der Waals surface area contributed by atoms with Gasteiger partial charge in [0, 0.05) is 25.0 Å². The van der Waals surface area contributed by atoms with Crippen molar-refractivity contribution in [3.8, 4) is 0 Å². The molecule has 26 heavy (non-hydrogen) atoms. The van der Waals surface area contributed by atoms with Crippen LogP contribution in [0.4, 0.5) is 10.6 Å². The minimum Gasteiger partial charge on any atom is -0.354 e. The molecule has 3 fully saturated rings. The molecule has 2 atom stereocenters. The van der Waals surface area contributed by atoms with Gasteiger partial charge in [0.15, 0.2) is 11.4 Å². The van der Waals surface area contributed by atoms with Crippen molar-refractivity contribution >= 4 is 28.7 Å². The summed E-state index contributed by atoms with van der Waals surface area (Å²) in [7, 11) is 0. The van der Waals surface area contributed by atoms with Gasteiger partial charge in [0.1, 0.15) is 0 Å². The lowest BCUT2D eigenvalue weighted by atomic mass is 9.87. The zero-order valence-electron chi connectivity index (χ0n) is 14.5. The second kappa shape index (κ2) is 6.09. The fraction of sp³-hybridized carbons (Fsp3) is 0.526. The number of rotatable bonds is 3. The zero-order chi connectivity index (χ0) is 17.7. The minimum atomic E-state index is -0.434. The number of imide groups is 1. The van der Waals surface area contributed by atoms with Crippen LogP contribution in [0.1, 0.15) is 37.7 Å². The highest BCUT2D eigenvalue weighted by Crippen LogP contribution is 2.34. The Balaban J connectivity index is 1.40. The maximum absolute atomic E-state index is 12.1. The van der Waals surface area contributed by atoms with Crippen molar-refractivity contribution in [3.05, 3.63) is 23.8 Å². The zero-order valence-corrected chi connectivity index (χ0v) is 14.5. The SMILES string of the molecule is O=C1CCN(c2noc3ccc(CC4CC5CCC(C4)N5)cc23)C(=O)N1. The maximum atomic E-state index is 12.1. The molecule has 3 amide bonds. The number of amides is 3. The van der Waals surface area contributed by atoms with E-state index < -0.39 is 6.03 Å². The van der Waals surface area contributed by atoms with Gasteiger partial charge in [-0.25, -0.2) is 4.79 Å². The van der Waals surface area contributed by atoms with Gasteiger partial charge < -0.3 is 9.84 Å². The van der Waals surface area contributed by atoms with E-state index in [1.54, 1.807) is 0 Å². The van der Waals surface area contributed by atoms with Crippen LogP contribution in [0.25, 0.3) is 11.0 Å². The van der Waals surface area contributed by atoms with Crippen LogP contribution < -0.4 is 15.5 Å². The molecule has 2 bridgehead atoms. The molecule has 1 aromatic heterocycles. The van der Waals surface area contributed by atoms with E-state index in [1.807, 2.05) is 6.07 Å². The first-order chi connectivity index (χ1) is 12.7. The molecule has 3 aliphatic heterocycles. The van der Waals surface area contributed by atoms with Gasteiger partial charge in [-0.15, -0.1) is 0 Å². The summed E-state index contributed by atoms with van der Waals surface area (Å²) in [6.45, 7) is 0.328. The summed E-state index contributed by atoms with van der Waals surface area (Å²) in [5.74, 6) is 0.947. The molecule has 7 nitrogen and oxygen atoms in total. The molecule has 3 saturated heterocycles. The molecule has 3 aliphatic rings. The molecular formula is C19H22N4O3. The smallest absolute Gasteiger partial charge is 0.329 e. The third-order valence-electron chi connectivity index (χ3n) is 5.92. The Morgan fingerprint density at radius 1 is 1.19 bits per heavy atom. The van der Waals surface area contributed by atoms with Gasteiger partial charge in [-0.05, 0) is 55.7 Å². The Hall–Kier alpha value is -2.41. The molecule has 0 saturated carbocycles. The number of nitrogens with one attached hydrogen (secondary N) is 2.